The van der Waals surface area contributed by atoms with Crippen LogP contribution < -0.4 is 11.1 Å². The van der Waals surface area contributed by atoms with Gasteiger partial charge in [-0.2, -0.15) is 0 Å². The van der Waals surface area contributed by atoms with Crippen LogP contribution in [0.25, 0.3) is 0 Å². The first-order valence-electron chi connectivity index (χ1n) is 15.0. The third-order valence-electron chi connectivity index (χ3n) is 3.52. The van der Waals surface area contributed by atoms with E-state index in [1.165, 1.54) is 12.3 Å². The summed E-state index contributed by atoms with van der Waals surface area (Å²) >= 11 is 1.11. The number of anilines is 2. The second kappa shape index (κ2) is 10.2. The number of nitrogens with two attached hydrogens (primary N) is 1. The quantitative estimate of drug-likeness (QED) is 0.468. The maximum atomic E-state index is 12.4. The van der Waals surface area contributed by atoms with E-state index in [2.05, 4.69) is 10.3 Å². The lowest BCUT2D eigenvalue weighted by molar-refractivity contribution is -0.115. The number of carbonyl (C=O) groups is 1. The third kappa shape index (κ3) is 6.69. The van der Waals surface area contributed by atoms with Crippen molar-refractivity contribution in [3.8, 4) is 0 Å². The van der Waals surface area contributed by atoms with Gasteiger partial charge in [0.15, 0.2) is 5.13 Å². The van der Waals surface area contributed by atoms with Gasteiger partial charge in [-0.15, -0.1) is 11.3 Å². The van der Waals surface area contributed by atoms with Gasteiger partial charge in [-0.1, -0.05) is 48.2 Å². The summed E-state index contributed by atoms with van der Waals surface area (Å²) in [6.07, 6.45) is -11.8. The van der Waals surface area contributed by atoms with Gasteiger partial charge in [-0.25, -0.2) is 4.98 Å². The fraction of sp³-hybridized carbons (Fsp3) is 0.304. The predicted molar refractivity (Wildman–Crippen MR) is 119 cm³/mol. The molecule has 0 fully saturated rings. The Hall–Kier alpha value is -2.70. The molecular formula is C23H27N3O2S. The first kappa shape index (κ1) is 9.87. The molecule has 5 nitrogen and oxygen atoms in total. The molecule has 4 N–H and O–H groups in total. The van der Waals surface area contributed by atoms with Crippen molar-refractivity contribution in [2.75, 3.05) is 11.1 Å². The minimum atomic E-state index is -3.45. The molecule has 0 aliphatic heterocycles. The molecule has 152 valence electrons. The molecule has 1 aromatic heterocycles. The molecule has 0 radical (unpaired) electrons. The Bertz CT molecular complexity index is 1500. The molecule has 29 heavy (non-hydrogen) atoms. The van der Waals surface area contributed by atoms with Crippen molar-refractivity contribution in [2.45, 2.75) is 45.0 Å². The Morgan fingerprint density at radius 1 is 1.31 bits per heavy atom. The molecule has 3 rings (SSSR count). The predicted octanol–water partition coefficient (Wildman–Crippen LogP) is 4.66. The molecule has 1 amide bonds. The highest BCUT2D eigenvalue weighted by Crippen LogP contribution is 2.21. The number of nitrogens with one attached hydrogen (secondary N) is 1. The summed E-state index contributed by atoms with van der Waals surface area (Å²) in [4.78, 5) is 16.4. The number of aliphatic hydroxyl groups is 1. The monoisotopic (exact) mass is 422 g/mol. The van der Waals surface area contributed by atoms with Crippen molar-refractivity contribution in [1.82, 2.24) is 4.98 Å². The lowest BCUT2D eigenvalue weighted by atomic mass is 10.0. The standard InChI is InChI=1S/C23H27N3O2S/c1-16-6-10-18(11-7-16)21(27)5-3-2-4-17-8-12-19(13-9-17)25-22(28)14-20-15-29-23(24)26-20/h6-13,15,21,27H,2-5,14H2,1H3,(H2,24,26)(H,25,28)/t21-/m0/s1/i2D2,5D2,6D,7D,8D,9D,10D,11D,12D,13D,21D. The van der Waals surface area contributed by atoms with E-state index < -0.39 is 103 Å². The molecule has 1 heterocycles. The number of aromatic nitrogens is 1. The molecule has 0 unspecified atom stereocenters. The van der Waals surface area contributed by atoms with Crippen molar-refractivity contribution in [2.24, 2.45) is 0 Å². The summed E-state index contributed by atoms with van der Waals surface area (Å²) in [5.41, 5.74) is 3.89. The van der Waals surface area contributed by atoms with Gasteiger partial charge >= 0.3 is 0 Å². The van der Waals surface area contributed by atoms with E-state index in [4.69, 9.17) is 23.6 Å². The van der Waals surface area contributed by atoms with E-state index in [1.807, 2.05) is 0 Å². The molecule has 0 bridgehead atoms. The summed E-state index contributed by atoms with van der Waals surface area (Å²) in [6, 6.07) is -5.67. The highest BCUT2D eigenvalue weighted by molar-refractivity contribution is 7.13. The molecule has 2 aromatic carbocycles. The Balaban J connectivity index is 1.92. The summed E-state index contributed by atoms with van der Waals surface area (Å²) in [6.45, 7) is 1.28. The van der Waals surface area contributed by atoms with Gasteiger partial charge in [0.2, 0.25) is 5.91 Å². The van der Waals surface area contributed by atoms with Crippen molar-refractivity contribution >= 4 is 28.1 Å². The third-order valence-corrected chi connectivity index (χ3v) is 4.24. The lowest BCUT2D eigenvalue weighted by Gasteiger charge is -2.11. The van der Waals surface area contributed by atoms with Crippen LogP contribution in [0.4, 0.5) is 10.8 Å². The Labute approximate surface area is 193 Å². The second-order valence-corrected chi connectivity index (χ2v) is 6.77. The Kier molecular flexibility index (Phi) is 3.47. The van der Waals surface area contributed by atoms with Gasteiger partial charge in [0.1, 0.15) is 0 Å². The molecule has 0 aliphatic carbocycles. The number of hydrogen-bond donors (Lipinski definition) is 3. The smallest absolute Gasteiger partial charge is 0.230 e. The maximum absolute atomic E-state index is 12.4. The van der Waals surface area contributed by atoms with Gasteiger partial charge in [0.05, 0.1) is 30.5 Å². The van der Waals surface area contributed by atoms with Crippen LogP contribution in [0.5, 0.6) is 0 Å². The number of amides is 1. The number of nitrogen functional groups attached to an aromatic ring is 1. The van der Waals surface area contributed by atoms with E-state index in [1.54, 1.807) is 0 Å². The van der Waals surface area contributed by atoms with E-state index in [0.29, 0.717) is 5.69 Å². The van der Waals surface area contributed by atoms with Crippen LogP contribution in [0.2, 0.25) is 0 Å². The first-order chi connectivity index (χ1) is 19.1. The van der Waals surface area contributed by atoms with Gasteiger partial charge in [-0.3, -0.25) is 4.79 Å². The van der Waals surface area contributed by atoms with Crippen LogP contribution in [-0.4, -0.2) is 16.0 Å². The Morgan fingerprint density at radius 2 is 2.03 bits per heavy atom. The van der Waals surface area contributed by atoms with Crippen molar-refractivity contribution in [3.63, 3.8) is 0 Å². The van der Waals surface area contributed by atoms with E-state index >= 15 is 0 Å². The summed E-state index contributed by atoms with van der Waals surface area (Å²) in [5.74, 6) is -0.697. The number of thiazole rings is 1. The van der Waals surface area contributed by atoms with Gasteiger partial charge in [-0.05, 0) is 49.3 Å². The van der Waals surface area contributed by atoms with Crippen LogP contribution >= 0.6 is 11.3 Å². The average Bonchev–Trinajstić information content (AvgIpc) is 3.28. The molecule has 0 saturated carbocycles. The minimum Gasteiger partial charge on any atom is -0.388 e. The summed E-state index contributed by atoms with van der Waals surface area (Å²) < 4.78 is 107. The number of benzene rings is 2. The maximum Gasteiger partial charge on any atom is 0.230 e. The van der Waals surface area contributed by atoms with Crippen LogP contribution in [0.3, 0.4) is 0 Å². The number of rotatable bonds is 9. The zero-order chi connectivity index (χ0) is 32.1. The average molecular weight is 423 g/mol. The number of nitrogens with zero attached hydrogens (tertiary/aromatic N) is 1. The van der Waals surface area contributed by atoms with E-state index in [9.17, 15) is 9.90 Å². The van der Waals surface area contributed by atoms with Crippen molar-refractivity contribution in [1.29, 1.82) is 0 Å². The molecule has 6 heteroatoms. The zero-order valence-corrected chi connectivity index (χ0v) is 16.3. The van der Waals surface area contributed by atoms with Gasteiger partial charge in [0.25, 0.3) is 0 Å². The topological polar surface area (TPSA) is 88.2 Å². The van der Waals surface area contributed by atoms with Gasteiger partial charge in [0, 0.05) is 16.6 Å². The fourth-order valence-electron chi connectivity index (χ4n) is 2.16. The number of hydrogen-bond acceptors (Lipinski definition) is 5. The Morgan fingerprint density at radius 3 is 2.69 bits per heavy atom. The second-order valence-electron chi connectivity index (χ2n) is 5.88. The van der Waals surface area contributed by atoms with Crippen LogP contribution in [0.15, 0.2) is 53.7 Å². The van der Waals surface area contributed by atoms with E-state index in [-0.39, 0.29) is 17.1 Å². The van der Waals surface area contributed by atoms with E-state index in [0.717, 1.165) is 11.3 Å². The van der Waals surface area contributed by atoms with Crippen LogP contribution in [-0.2, 0) is 17.6 Å². The lowest BCUT2D eigenvalue weighted by Crippen LogP contribution is -2.14. The number of carbonyl (C=O) groups excluding carboxylic acids is 1. The first-order valence-corrected chi connectivity index (χ1v) is 9.39. The highest BCUT2D eigenvalue weighted by atomic mass is 32.1. The molecule has 0 spiro atoms. The SMILES string of the molecule is [2H]c1c([2H])c([C@@]([2H])(O)C([2H])([2H])CC([2H])([2H])Cc2c([2H])c([2H])c(NC(=O)Cc3csc(N)n3)c([2H])c2[2H])c([2H])c([2H])c1C. The molecular weight excluding hydrogens is 382 g/mol. The summed E-state index contributed by atoms with van der Waals surface area (Å²) in [7, 11) is 0. The van der Waals surface area contributed by atoms with Crippen LogP contribution in [0, 0.1) is 6.92 Å². The van der Waals surface area contributed by atoms with Crippen molar-refractivity contribution < 1.29 is 27.7 Å². The molecule has 0 aliphatic rings. The molecule has 3 aromatic rings. The molecule has 1 atom stereocenters. The highest BCUT2D eigenvalue weighted by Gasteiger charge is 2.08. The van der Waals surface area contributed by atoms with Crippen molar-refractivity contribution in [3.05, 3.63) is 76.1 Å². The summed E-state index contributed by atoms with van der Waals surface area (Å²) in [5, 5.41) is 15.0. The van der Waals surface area contributed by atoms with Gasteiger partial charge < -0.3 is 16.2 Å². The normalized spacial score (nSPS) is 20.4. The van der Waals surface area contributed by atoms with Crippen LogP contribution in [0.1, 0.15) is 65.5 Å². The largest absolute Gasteiger partial charge is 0.388 e. The fourth-order valence-corrected chi connectivity index (χ4v) is 2.72. The minimum absolute atomic E-state index is 0.0868. The zero-order valence-electron chi connectivity index (χ0n) is 28.5. The molecule has 0 saturated heterocycles.